The average Bonchev–Trinajstić information content (AvgIpc) is 2.88. The Balaban J connectivity index is 1.94. The molecule has 0 spiro atoms. The highest BCUT2D eigenvalue weighted by Crippen LogP contribution is 2.50. The van der Waals surface area contributed by atoms with Crippen molar-refractivity contribution in [2.45, 2.75) is 20.8 Å². The van der Waals surface area contributed by atoms with Gasteiger partial charge in [-0.3, -0.25) is 14.4 Å². The number of phosphoric ester groups is 1. The summed E-state index contributed by atoms with van der Waals surface area (Å²) < 4.78 is 31.3. The third kappa shape index (κ3) is 9.26. The second kappa shape index (κ2) is 13.3. The molecule has 3 amide bonds. The molecule has 0 aliphatic carbocycles. The van der Waals surface area contributed by atoms with Crippen molar-refractivity contribution in [2.75, 3.05) is 16.0 Å². The van der Waals surface area contributed by atoms with E-state index in [1.165, 1.54) is 36.4 Å². The molecule has 0 heterocycles. The quantitative estimate of drug-likeness (QED) is 0.158. The number of hydrogen-bond acceptors (Lipinski definition) is 7. The van der Waals surface area contributed by atoms with Gasteiger partial charge in [-0.25, -0.2) is 0 Å². The van der Waals surface area contributed by atoms with E-state index in [4.69, 9.17) is 13.6 Å². The average molecular weight is 576 g/mol. The molecule has 0 saturated carbocycles. The number of phosphoric acid groups is 1. The van der Waals surface area contributed by atoms with Gasteiger partial charge in [0, 0.05) is 52.0 Å². The summed E-state index contributed by atoms with van der Waals surface area (Å²) in [5, 5.41) is 7.96. The number of amides is 3. The van der Waals surface area contributed by atoms with Gasteiger partial charge in [-0.15, -0.1) is 0 Å². The smallest absolute Gasteiger partial charge is 0.386 e. The van der Waals surface area contributed by atoms with Crippen LogP contribution in [0.25, 0.3) is 0 Å². The Morgan fingerprint density at radius 1 is 0.561 bits per heavy atom. The minimum atomic E-state index is -4.50. The molecule has 0 unspecified atom stereocenters. The maximum Gasteiger partial charge on any atom is 0.647 e. The van der Waals surface area contributed by atoms with Crippen LogP contribution in [0.4, 0.5) is 17.1 Å². The second-order valence-corrected chi connectivity index (χ2v) is 10.5. The second-order valence-electron chi connectivity index (χ2n) is 9.01. The van der Waals surface area contributed by atoms with E-state index in [9.17, 15) is 18.9 Å². The van der Waals surface area contributed by atoms with Gasteiger partial charge >= 0.3 is 7.82 Å². The summed E-state index contributed by atoms with van der Waals surface area (Å²) in [6, 6.07) is 18.4. The monoisotopic (exact) mass is 575 g/mol. The Hall–Kier alpha value is -5.08. The fourth-order valence-electron chi connectivity index (χ4n) is 3.05. The SMILES string of the molecule is C=C(C)C(=O)Nc1cccc(OP(=O)(Oc2cccc(NC(=O)C(=C)C)c2)Oc2cccc(NC(=O)C(=C)C)c2)c1. The number of hydrogen-bond donors (Lipinski definition) is 3. The summed E-state index contributed by atoms with van der Waals surface area (Å²) >= 11 is 0. The lowest BCUT2D eigenvalue weighted by molar-refractivity contribution is -0.113. The van der Waals surface area contributed by atoms with Crippen molar-refractivity contribution in [3.05, 3.63) is 109 Å². The molecule has 3 aromatic carbocycles. The Labute approximate surface area is 238 Å². The number of carbonyl (C=O) groups is 3. The number of benzene rings is 3. The number of anilines is 3. The van der Waals surface area contributed by atoms with Crippen LogP contribution in [0.1, 0.15) is 20.8 Å². The third-order valence-electron chi connectivity index (χ3n) is 5.09. The van der Waals surface area contributed by atoms with Gasteiger partial charge in [-0.1, -0.05) is 37.9 Å². The van der Waals surface area contributed by atoms with E-state index in [0.717, 1.165) is 0 Å². The van der Waals surface area contributed by atoms with Crippen LogP contribution in [0.5, 0.6) is 17.2 Å². The molecular formula is C30H30N3O7P. The van der Waals surface area contributed by atoms with Crippen molar-refractivity contribution >= 4 is 42.6 Å². The molecule has 0 aromatic heterocycles. The van der Waals surface area contributed by atoms with Crippen LogP contribution >= 0.6 is 7.82 Å². The predicted molar refractivity (Wildman–Crippen MR) is 159 cm³/mol. The topological polar surface area (TPSA) is 132 Å². The van der Waals surface area contributed by atoms with Crippen LogP contribution in [-0.4, -0.2) is 17.7 Å². The Morgan fingerprint density at radius 3 is 1.07 bits per heavy atom. The molecular weight excluding hydrogens is 545 g/mol. The van der Waals surface area contributed by atoms with E-state index < -0.39 is 25.5 Å². The molecule has 11 heteroatoms. The molecule has 0 bridgehead atoms. The van der Waals surface area contributed by atoms with Gasteiger partial charge in [0.05, 0.1) is 0 Å². The number of nitrogens with one attached hydrogen (secondary N) is 3. The van der Waals surface area contributed by atoms with Gasteiger partial charge in [-0.05, 0) is 57.2 Å². The summed E-state index contributed by atoms with van der Waals surface area (Å²) in [5.74, 6) is -1.02. The molecule has 3 rings (SSSR count). The van der Waals surface area contributed by atoms with Gasteiger partial charge in [0.15, 0.2) is 0 Å². The highest BCUT2D eigenvalue weighted by molar-refractivity contribution is 7.49. The van der Waals surface area contributed by atoms with Crippen molar-refractivity contribution in [3.8, 4) is 17.2 Å². The molecule has 10 nitrogen and oxygen atoms in total. The molecule has 0 aliphatic rings. The Morgan fingerprint density at radius 2 is 0.829 bits per heavy atom. The maximum atomic E-state index is 14.1. The third-order valence-corrected chi connectivity index (χ3v) is 6.39. The van der Waals surface area contributed by atoms with Crippen molar-refractivity contribution in [3.63, 3.8) is 0 Å². The van der Waals surface area contributed by atoms with E-state index in [0.29, 0.717) is 33.8 Å². The Kier molecular flexibility index (Phi) is 9.90. The van der Waals surface area contributed by atoms with Gasteiger partial charge in [0.1, 0.15) is 17.2 Å². The van der Waals surface area contributed by atoms with Crippen LogP contribution in [0.3, 0.4) is 0 Å². The lowest BCUT2D eigenvalue weighted by atomic mass is 10.2. The molecule has 41 heavy (non-hydrogen) atoms. The first-order chi connectivity index (χ1) is 19.3. The first kappa shape index (κ1) is 30.5. The summed E-state index contributed by atoms with van der Waals surface area (Å²) in [6.45, 7) is 15.5. The Bertz CT molecular complexity index is 1400. The van der Waals surface area contributed by atoms with E-state index in [1.54, 1.807) is 57.2 Å². The lowest BCUT2D eigenvalue weighted by Crippen LogP contribution is -2.13. The van der Waals surface area contributed by atoms with E-state index in [1.807, 2.05) is 0 Å². The van der Waals surface area contributed by atoms with Crippen molar-refractivity contribution in [1.29, 1.82) is 0 Å². The maximum absolute atomic E-state index is 14.1. The van der Waals surface area contributed by atoms with Crippen LogP contribution in [0.15, 0.2) is 109 Å². The molecule has 0 aliphatic heterocycles. The molecule has 0 saturated heterocycles. The van der Waals surface area contributed by atoms with Gasteiger partial charge in [0.25, 0.3) is 17.7 Å². The largest absolute Gasteiger partial charge is 0.647 e. The van der Waals surface area contributed by atoms with E-state index in [-0.39, 0.29) is 17.2 Å². The lowest BCUT2D eigenvalue weighted by Gasteiger charge is -2.20. The predicted octanol–water partition coefficient (Wildman–Crippen LogP) is 6.88. The molecule has 0 fully saturated rings. The zero-order valence-electron chi connectivity index (χ0n) is 22.9. The van der Waals surface area contributed by atoms with Gasteiger partial charge < -0.3 is 29.5 Å². The normalized spacial score (nSPS) is 10.5. The fraction of sp³-hybridized carbons (Fsp3) is 0.100. The molecule has 3 N–H and O–H groups in total. The minimum absolute atomic E-state index is 0.0614. The van der Waals surface area contributed by atoms with E-state index in [2.05, 4.69) is 35.7 Å². The summed E-state index contributed by atoms with van der Waals surface area (Å²) in [5.41, 5.74) is 1.96. The highest BCUT2D eigenvalue weighted by Gasteiger charge is 2.33. The fourth-order valence-corrected chi connectivity index (χ4v) is 4.28. The summed E-state index contributed by atoms with van der Waals surface area (Å²) in [6.07, 6.45) is 0. The standard InChI is InChI=1S/C30H30N3O7P/c1-19(2)28(34)31-22-10-7-13-25(16-22)38-41(37,39-26-14-8-11-23(17-26)32-29(35)20(3)4)40-27-15-9-12-24(18-27)33-30(36)21(5)6/h7-18H,1,3,5H2,2,4,6H3,(H,31,34)(H,32,35)(H,33,36). The summed E-state index contributed by atoms with van der Waals surface area (Å²) in [7, 11) is -4.50. The molecule has 0 atom stereocenters. The van der Waals surface area contributed by atoms with Crippen LogP contribution in [0.2, 0.25) is 0 Å². The first-order valence-electron chi connectivity index (χ1n) is 12.2. The van der Waals surface area contributed by atoms with Crippen LogP contribution in [-0.2, 0) is 18.9 Å². The molecule has 0 radical (unpaired) electrons. The first-order valence-corrected chi connectivity index (χ1v) is 13.7. The summed E-state index contributed by atoms with van der Waals surface area (Å²) in [4.78, 5) is 36.2. The minimum Gasteiger partial charge on any atom is -0.386 e. The van der Waals surface area contributed by atoms with E-state index >= 15 is 0 Å². The van der Waals surface area contributed by atoms with Gasteiger partial charge in [0.2, 0.25) is 0 Å². The van der Waals surface area contributed by atoms with Gasteiger partial charge in [-0.2, -0.15) is 4.57 Å². The number of carbonyl (C=O) groups excluding carboxylic acids is 3. The van der Waals surface area contributed by atoms with Crippen LogP contribution in [0, 0.1) is 0 Å². The van der Waals surface area contributed by atoms with Crippen molar-refractivity contribution < 1.29 is 32.5 Å². The number of rotatable bonds is 12. The molecule has 3 aromatic rings. The highest BCUT2D eigenvalue weighted by atomic mass is 31.2. The zero-order valence-corrected chi connectivity index (χ0v) is 23.7. The van der Waals surface area contributed by atoms with Crippen molar-refractivity contribution in [1.82, 2.24) is 0 Å². The van der Waals surface area contributed by atoms with Crippen molar-refractivity contribution in [2.24, 2.45) is 0 Å². The zero-order chi connectivity index (χ0) is 30.2. The molecule has 212 valence electrons. The van der Waals surface area contributed by atoms with Crippen LogP contribution < -0.4 is 29.5 Å².